The van der Waals surface area contributed by atoms with Gasteiger partial charge in [0, 0.05) is 13.0 Å². The molecule has 0 aromatic heterocycles. The molecule has 0 saturated heterocycles. The number of alkyl halides is 1. The molecule has 0 radical (unpaired) electrons. The van der Waals surface area contributed by atoms with E-state index >= 15 is 0 Å². The van der Waals surface area contributed by atoms with Crippen LogP contribution in [0.3, 0.4) is 0 Å². The van der Waals surface area contributed by atoms with Crippen LogP contribution in [0.1, 0.15) is 45.1 Å². The monoisotopic (exact) mass is 281 g/mol. The molecule has 0 heterocycles. The van der Waals surface area contributed by atoms with Gasteiger partial charge >= 0.3 is 0 Å². The first kappa shape index (κ1) is 16.0. The average Bonchev–Trinajstić information content (AvgIpc) is 2.35. The van der Waals surface area contributed by atoms with Crippen LogP contribution >= 0.6 is 11.6 Å². The lowest BCUT2D eigenvalue weighted by molar-refractivity contribution is -0.122. The first-order valence-corrected chi connectivity index (χ1v) is 7.20. The van der Waals surface area contributed by atoms with Crippen molar-refractivity contribution < 1.29 is 4.79 Å². The molecule has 106 valence electrons. The SMILES string of the molecule is CC(CC(=O)NCC(Cl)c1ccccc1)C(C)(C)C. The Bertz CT molecular complexity index is 397. The maximum atomic E-state index is 11.9. The maximum absolute atomic E-state index is 11.9. The second-order valence-corrected chi connectivity index (χ2v) is 6.68. The van der Waals surface area contributed by atoms with Gasteiger partial charge < -0.3 is 5.32 Å². The summed E-state index contributed by atoms with van der Waals surface area (Å²) < 4.78 is 0. The Morgan fingerprint density at radius 3 is 2.37 bits per heavy atom. The Kier molecular flexibility index (Phi) is 5.86. The van der Waals surface area contributed by atoms with Gasteiger partial charge in [-0.25, -0.2) is 0 Å². The van der Waals surface area contributed by atoms with Crippen molar-refractivity contribution in [3.63, 3.8) is 0 Å². The lowest BCUT2D eigenvalue weighted by Gasteiger charge is -2.26. The van der Waals surface area contributed by atoms with Crippen LogP contribution < -0.4 is 5.32 Å². The molecule has 19 heavy (non-hydrogen) atoms. The molecule has 0 fully saturated rings. The highest BCUT2D eigenvalue weighted by Crippen LogP contribution is 2.28. The van der Waals surface area contributed by atoms with E-state index in [1.807, 2.05) is 30.3 Å². The summed E-state index contributed by atoms with van der Waals surface area (Å²) in [6.45, 7) is 9.04. The Hall–Kier alpha value is -1.02. The predicted octanol–water partition coefficient (Wildman–Crippen LogP) is 4.16. The minimum atomic E-state index is -0.171. The van der Waals surface area contributed by atoms with Gasteiger partial charge in [0.05, 0.1) is 5.38 Å². The van der Waals surface area contributed by atoms with Crippen LogP contribution in [-0.2, 0) is 4.79 Å². The summed E-state index contributed by atoms with van der Waals surface area (Å²) in [6.07, 6.45) is 0.544. The van der Waals surface area contributed by atoms with Crippen LogP contribution in [0.5, 0.6) is 0 Å². The van der Waals surface area contributed by atoms with Gasteiger partial charge in [-0.3, -0.25) is 4.79 Å². The molecular formula is C16H24ClNO. The van der Waals surface area contributed by atoms with E-state index in [2.05, 4.69) is 33.0 Å². The molecular weight excluding hydrogens is 258 g/mol. The molecule has 1 amide bonds. The fourth-order valence-corrected chi connectivity index (χ4v) is 1.86. The Labute approximate surface area is 121 Å². The number of carbonyl (C=O) groups is 1. The van der Waals surface area contributed by atoms with Crippen LogP contribution in [0.2, 0.25) is 0 Å². The minimum Gasteiger partial charge on any atom is -0.354 e. The highest BCUT2D eigenvalue weighted by molar-refractivity contribution is 6.21. The lowest BCUT2D eigenvalue weighted by Crippen LogP contribution is -2.31. The second-order valence-electron chi connectivity index (χ2n) is 6.15. The summed E-state index contributed by atoms with van der Waals surface area (Å²) in [5, 5.41) is 2.74. The van der Waals surface area contributed by atoms with Crippen LogP contribution in [0.4, 0.5) is 0 Å². The van der Waals surface area contributed by atoms with Gasteiger partial charge in [0.15, 0.2) is 0 Å². The standard InChI is InChI=1S/C16H24ClNO/c1-12(16(2,3)4)10-15(19)18-11-14(17)13-8-6-5-7-9-13/h5-9,12,14H,10-11H2,1-4H3,(H,18,19). The topological polar surface area (TPSA) is 29.1 Å². The third-order valence-corrected chi connectivity index (χ3v) is 4.02. The number of rotatable bonds is 5. The van der Waals surface area contributed by atoms with E-state index < -0.39 is 0 Å². The second kappa shape index (κ2) is 6.95. The molecule has 0 bridgehead atoms. The van der Waals surface area contributed by atoms with E-state index in [1.165, 1.54) is 0 Å². The van der Waals surface area contributed by atoms with Crippen molar-refractivity contribution in [2.24, 2.45) is 11.3 Å². The van der Waals surface area contributed by atoms with Gasteiger partial charge in [0.25, 0.3) is 0 Å². The number of halogens is 1. The average molecular weight is 282 g/mol. The number of hydrogen-bond acceptors (Lipinski definition) is 1. The van der Waals surface area contributed by atoms with Crippen molar-refractivity contribution >= 4 is 17.5 Å². The van der Waals surface area contributed by atoms with Crippen molar-refractivity contribution in [1.82, 2.24) is 5.32 Å². The van der Waals surface area contributed by atoms with Crippen LogP contribution in [-0.4, -0.2) is 12.5 Å². The molecule has 0 aliphatic heterocycles. The lowest BCUT2D eigenvalue weighted by atomic mass is 9.80. The quantitative estimate of drug-likeness (QED) is 0.807. The van der Waals surface area contributed by atoms with E-state index in [-0.39, 0.29) is 16.7 Å². The Balaban J connectivity index is 2.39. The zero-order valence-electron chi connectivity index (χ0n) is 12.2. The number of carbonyl (C=O) groups excluding carboxylic acids is 1. The first-order valence-electron chi connectivity index (χ1n) is 6.76. The number of benzene rings is 1. The molecule has 1 aromatic rings. The molecule has 3 heteroatoms. The summed E-state index contributed by atoms with van der Waals surface area (Å²) in [4.78, 5) is 11.9. The van der Waals surface area contributed by atoms with Crippen molar-refractivity contribution in [3.05, 3.63) is 35.9 Å². The number of amides is 1. The van der Waals surface area contributed by atoms with Crippen LogP contribution in [0.25, 0.3) is 0 Å². The van der Waals surface area contributed by atoms with Gasteiger partial charge in [-0.1, -0.05) is 58.0 Å². The van der Waals surface area contributed by atoms with E-state index in [9.17, 15) is 4.79 Å². The van der Waals surface area contributed by atoms with Gasteiger partial charge in [0.1, 0.15) is 0 Å². The predicted molar refractivity (Wildman–Crippen MR) is 81.3 cm³/mol. The fraction of sp³-hybridized carbons (Fsp3) is 0.562. The van der Waals surface area contributed by atoms with E-state index in [0.29, 0.717) is 18.9 Å². The van der Waals surface area contributed by atoms with E-state index in [4.69, 9.17) is 11.6 Å². The van der Waals surface area contributed by atoms with Crippen molar-refractivity contribution in [2.45, 2.75) is 39.5 Å². The largest absolute Gasteiger partial charge is 0.354 e. The summed E-state index contributed by atoms with van der Waals surface area (Å²) in [6, 6.07) is 9.81. The van der Waals surface area contributed by atoms with Gasteiger partial charge in [-0.05, 0) is 16.9 Å². The first-order chi connectivity index (χ1) is 8.80. The third-order valence-electron chi connectivity index (χ3n) is 3.61. The molecule has 0 saturated carbocycles. The Morgan fingerprint density at radius 1 is 1.26 bits per heavy atom. The number of nitrogens with one attached hydrogen (secondary N) is 1. The highest BCUT2D eigenvalue weighted by Gasteiger charge is 2.22. The van der Waals surface area contributed by atoms with Gasteiger partial charge in [-0.2, -0.15) is 0 Å². The molecule has 2 nitrogen and oxygen atoms in total. The van der Waals surface area contributed by atoms with Gasteiger partial charge in [0.2, 0.25) is 5.91 Å². The van der Waals surface area contributed by atoms with E-state index in [0.717, 1.165) is 5.56 Å². The van der Waals surface area contributed by atoms with E-state index in [1.54, 1.807) is 0 Å². The van der Waals surface area contributed by atoms with Crippen LogP contribution in [0.15, 0.2) is 30.3 Å². The summed E-state index contributed by atoms with van der Waals surface area (Å²) in [5.41, 5.74) is 1.19. The zero-order valence-corrected chi connectivity index (χ0v) is 13.0. The molecule has 0 aliphatic rings. The Morgan fingerprint density at radius 2 is 1.84 bits per heavy atom. The zero-order chi connectivity index (χ0) is 14.5. The molecule has 1 N–H and O–H groups in total. The smallest absolute Gasteiger partial charge is 0.220 e. The molecule has 1 aromatic carbocycles. The third kappa shape index (κ3) is 5.65. The van der Waals surface area contributed by atoms with Crippen molar-refractivity contribution in [3.8, 4) is 0 Å². The summed E-state index contributed by atoms with van der Waals surface area (Å²) >= 11 is 6.26. The number of hydrogen-bond donors (Lipinski definition) is 1. The van der Waals surface area contributed by atoms with Crippen molar-refractivity contribution in [1.29, 1.82) is 0 Å². The molecule has 0 aliphatic carbocycles. The summed E-state index contributed by atoms with van der Waals surface area (Å²) in [7, 11) is 0. The summed E-state index contributed by atoms with van der Waals surface area (Å²) in [5.74, 6) is 0.419. The fourth-order valence-electron chi connectivity index (χ4n) is 1.64. The molecule has 2 unspecified atom stereocenters. The minimum absolute atomic E-state index is 0.0732. The van der Waals surface area contributed by atoms with Crippen LogP contribution in [0, 0.1) is 11.3 Å². The maximum Gasteiger partial charge on any atom is 0.220 e. The highest BCUT2D eigenvalue weighted by atomic mass is 35.5. The van der Waals surface area contributed by atoms with Gasteiger partial charge in [-0.15, -0.1) is 11.6 Å². The normalized spacial score (nSPS) is 14.8. The molecule has 2 atom stereocenters. The van der Waals surface area contributed by atoms with Crippen molar-refractivity contribution in [2.75, 3.05) is 6.54 Å². The molecule has 0 spiro atoms. The molecule has 1 rings (SSSR count).